The summed E-state index contributed by atoms with van der Waals surface area (Å²) in [6.45, 7) is 3.07. The molecule has 3 aromatic rings. The second kappa shape index (κ2) is 22.3. The maximum atomic E-state index is 13.2. The number of ether oxygens (including phenoxy) is 2. The Morgan fingerprint density at radius 3 is 1.73 bits per heavy atom. The van der Waals surface area contributed by atoms with E-state index in [2.05, 4.69) is 93.3 Å². The molecule has 3 rings (SSSR count). The predicted octanol–water partition coefficient (Wildman–Crippen LogP) is 3.29. The van der Waals surface area contributed by atoms with Crippen LogP contribution in [0, 0.1) is 4.91 Å². The van der Waals surface area contributed by atoms with Gasteiger partial charge in [-0.25, -0.2) is 0 Å². The molecule has 0 aliphatic rings. The van der Waals surface area contributed by atoms with Gasteiger partial charge in [-0.15, -0.1) is 4.91 Å². The zero-order valence-electron chi connectivity index (χ0n) is 29.0. The number of carbonyl (C=O) groups is 5. The summed E-state index contributed by atoms with van der Waals surface area (Å²) in [6.07, 6.45) is 2.06. The maximum absolute atomic E-state index is 13.2. The van der Waals surface area contributed by atoms with Crippen molar-refractivity contribution in [2.75, 3.05) is 31.7 Å². The van der Waals surface area contributed by atoms with E-state index in [0.29, 0.717) is 18.4 Å². The van der Waals surface area contributed by atoms with Crippen LogP contribution in [0.4, 0.5) is 0 Å². The quantitative estimate of drug-likeness (QED) is 0.0461. The van der Waals surface area contributed by atoms with Gasteiger partial charge >= 0.3 is 232 Å². The Hall–Kier alpha value is -4.61. The summed E-state index contributed by atoms with van der Waals surface area (Å²) in [5.41, 5.74) is 0. The van der Waals surface area contributed by atoms with E-state index >= 15 is 0 Å². The van der Waals surface area contributed by atoms with Crippen molar-refractivity contribution in [3.05, 3.63) is 95.9 Å². The number of unbranched alkanes of at least 4 members (excludes halogenated alkanes) is 1. The van der Waals surface area contributed by atoms with E-state index in [1.165, 1.54) is 15.9 Å². The number of benzene rings is 3. The van der Waals surface area contributed by atoms with Gasteiger partial charge in [-0.3, -0.25) is 9.59 Å². The Kier molecular flexibility index (Phi) is 17.8. The van der Waals surface area contributed by atoms with E-state index in [1.54, 1.807) is 13.8 Å². The number of amides is 3. The first kappa shape index (κ1) is 40.8. The summed E-state index contributed by atoms with van der Waals surface area (Å²) in [6, 6.07) is 29.3. The van der Waals surface area contributed by atoms with Gasteiger partial charge < -0.3 is 10.1 Å². The van der Waals surface area contributed by atoms with Crippen LogP contribution in [0.15, 0.2) is 95.6 Å². The van der Waals surface area contributed by atoms with Crippen molar-refractivity contribution in [1.29, 1.82) is 0 Å². The Bertz CT molecular complexity index is 1470. The van der Waals surface area contributed by atoms with Gasteiger partial charge in [0.2, 0.25) is 5.91 Å². The molecule has 0 spiro atoms. The molecule has 0 saturated heterocycles. The van der Waals surface area contributed by atoms with Gasteiger partial charge in [-0.2, -0.15) is 0 Å². The number of nitrogens with one attached hydrogen (secondary N) is 3. The average molecular weight is 739 g/mol. The fraction of sp³-hybridized carbons (Fsp3) is 0.378. The van der Waals surface area contributed by atoms with Crippen LogP contribution in [0.25, 0.3) is 0 Å². The average Bonchev–Trinajstić information content (AvgIpc) is 3.15. The number of hydrogen-bond acceptors (Lipinski definition) is 10. The summed E-state index contributed by atoms with van der Waals surface area (Å²) in [5, 5.41) is 11.4. The third-order valence-electron chi connectivity index (χ3n) is 8.23. The van der Waals surface area contributed by atoms with Crippen molar-refractivity contribution in [3.8, 4) is 0 Å². The number of nitroso groups, excluding NO2 is 1. The SMILES string of the molecule is CCOC(=O)CNC(=O)[C@H](CSN=O)NC(=O)CC[C@H](NC(=O)CCCC[PH](c1ccccc1)(c1ccccc1)c1ccccc1)C(=O)OCC. The van der Waals surface area contributed by atoms with Crippen molar-refractivity contribution < 1.29 is 33.4 Å². The monoisotopic (exact) mass is 738 g/mol. The molecule has 51 heavy (non-hydrogen) atoms. The topological polar surface area (TPSA) is 169 Å². The standard InChI is InChI=1S/C37H47N4O8PS/c1-3-48-35(44)26-38-36(45)32(27-51-41-47)40-34(43)24-23-31(37(46)49-4-2)39-33(42)22-14-15-25-50(28-16-8-5-9-17-28,29-18-10-6-11-19-29)30-20-12-7-13-21-30/h5-13,16-21,31-32,50H,3-4,14-15,22-27H2,1-2H3,(H,38,45)(H,39,42)(H,40,43)/t31-,32-/m0/s1. The summed E-state index contributed by atoms with van der Waals surface area (Å²) >= 11 is 0.531. The van der Waals surface area contributed by atoms with Gasteiger partial charge in [0.1, 0.15) is 6.54 Å². The molecule has 3 N–H and O–H groups in total. The van der Waals surface area contributed by atoms with Crippen molar-refractivity contribution in [2.24, 2.45) is 4.58 Å². The molecule has 0 aromatic heterocycles. The Morgan fingerprint density at radius 1 is 0.706 bits per heavy atom. The molecule has 12 nitrogen and oxygen atoms in total. The molecule has 0 fully saturated rings. The second-order valence-electron chi connectivity index (χ2n) is 11.6. The molecule has 0 aliphatic heterocycles. The van der Waals surface area contributed by atoms with Crippen LogP contribution in [-0.2, 0) is 33.4 Å². The van der Waals surface area contributed by atoms with Crippen LogP contribution in [0.1, 0.15) is 46.0 Å². The Balaban J connectivity index is 1.63. The third-order valence-corrected chi connectivity index (χ3v) is 13.9. The summed E-state index contributed by atoms with van der Waals surface area (Å²) < 4.78 is 12.6. The van der Waals surface area contributed by atoms with E-state index in [-0.39, 0.29) is 44.1 Å². The molecule has 0 heterocycles. The molecule has 2 atom stereocenters. The summed E-state index contributed by atoms with van der Waals surface area (Å²) in [4.78, 5) is 73.6. The van der Waals surface area contributed by atoms with Crippen molar-refractivity contribution in [1.82, 2.24) is 16.0 Å². The van der Waals surface area contributed by atoms with Crippen molar-refractivity contribution in [3.63, 3.8) is 0 Å². The van der Waals surface area contributed by atoms with E-state index in [9.17, 15) is 28.9 Å². The van der Waals surface area contributed by atoms with Crippen molar-refractivity contribution in [2.45, 2.75) is 58.0 Å². The van der Waals surface area contributed by atoms with Gasteiger partial charge in [0.05, 0.1) is 6.61 Å². The Morgan fingerprint density at radius 2 is 1.22 bits per heavy atom. The molecule has 14 heteroatoms. The molecule has 0 radical (unpaired) electrons. The molecule has 0 saturated carbocycles. The first-order valence-corrected chi connectivity index (χ1v) is 20.2. The Labute approximate surface area is 303 Å². The molecule has 3 amide bonds. The predicted molar refractivity (Wildman–Crippen MR) is 203 cm³/mol. The van der Waals surface area contributed by atoms with Crippen LogP contribution in [0.5, 0.6) is 0 Å². The fourth-order valence-electron chi connectivity index (χ4n) is 5.86. The van der Waals surface area contributed by atoms with Gasteiger partial charge in [-0.05, 0) is 6.92 Å². The fourth-order valence-corrected chi connectivity index (χ4v) is 11.2. The molecule has 0 bridgehead atoms. The number of carbonyl (C=O) groups excluding carboxylic acids is 5. The number of esters is 2. The summed E-state index contributed by atoms with van der Waals surface area (Å²) in [5.74, 6) is -3.16. The van der Waals surface area contributed by atoms with Crippen molar-refractivity contribution >= 4 is 64.8 Å². The number of rotatable bonds is 22. The van der Waals surface area contributed by atoms with Crippen LogP contribution < -0.4 is 31.9 Å². The first-order chi connectivity index (χ1) is 24.7. The van der Waals surface area contributed by atoms with E-state index < -0.39 is 49.6 Å². The number of hydrogen-bond donors (Lipinski definition) is 3. The van der Waals surface area contributed by atoms with Crippen LogP contribution in [0.3, 0.4) is 0 Å². The molecule has 0 aliphatic carbocycles. The van der Waals surface area contributed by atoms with Gasteiger partial charge in [-0.1, -0.05) is 0 Å². The minimum atomic E-state index is -2.45. The van der Waals surface area contributed by atoms with Crippen LogP contribution in [0.2, 0.25) is 0 Å². The van der Waals surface area contributed by atoms with E-state index in [4.69, 9.17) is 9.47 Å². The normalized spacial score (nSPS) is 12.4. The van der Waals surface area contributed by atoms with Gasteiger partial charge in [0, 0.05) is 22.3 Å². The zero-order chi connectivity index (χ0) is 36.9. The van der Waals surface area contributed by atoms with Gasteiger partial charge in [0.25, 0.3) is 0 Å². The molecule has 274 valence electrons. The first-order valence-electron chi connectivity index (χ1n) is 17.0. The van der Waals surface area contributed by atoms with Crippen LogP contribution >= 0.6 is 19.2 Å². The van der Waals surface area contributed by atoms with E-state index in [1.807, 2.05) is 18.2 Å². The number of nitrogens with zero attached hydrogens (tertiary/aromatic N) is 1. The second-order valence-corrected chi connectivity index (χ2v) is 16.4. The van der Waals surface area contributed by atoms with E-state index in [0.717, 1.165) is 12.6 Å². The molecular formula is C37H47N4O8PS. The molecule has 0 unspecified atom stereocenters. The molecule has 3 aromatic carbocycles. The summed E-state index contributed by atoms with van der Waals surface area (Å²) in [7, 11) is -2.45. The van der Waals surface area contributed by atoms with Crippen LogP contribution in [-0.4, -0.2) is 73.4 Å². The van der Waals surface area contributed by atoms with Gasteiger partial charge in [0.15, 0.2) is 0 Å². The molecular weight excluding hydrogens is 691 g/mol. The zero-order valence-corrected chi connectivity index (χ0v) is 30.8. The minimum absolute atomic E-state index is 0.0845. The third kappa shape index (κ3) is 12.9.